The highest BCUT2D eigenvalue weighted by molar-refractivity contribution is 5.94. The number of nitrogens with one attached hydrogen (secondary N) is 1. The molecule has 1 aromatic heterocycles. The standard InChI is InChI=1S/C20H19F3N2O4/c1-11-10-12(19(28)29-2)5-6-13(11)15-4-3-9-25(15)18(27)14-7-8-16(20(21,22)23)24-17(14)26/h5-8,10,15H,3-4,9H2,1-2H3,(H,24,26)/t15-/m1/s1. The van der Waals surface area contributed by atoms with Gasteiger partial charge in [0, 0.05) is 6.54 Å². The number of aromatic amines is 1. The number of hydrogen-bond donors (Lipinski definition) is 1. The summed E-state index contributed by atoms with van der Waals surface area (Å²) in [6.07, 6.45) is -3.37. The van der Waals surface area contributed by atoms with Gasteiger partial charge in [-0.2, -0.15) is 13.2 Å². The van der Waals surface area contributed by atoms with E-state index in [9.17, 15) is 27.6 Å². The maximum atomic E-state index is 12.9. The molecule has 1 saturated heterocycles. The van der Waals surface area contributed by atoms with E-state index in [0.29, 0.717) is 31.0 Å². The number of likely N-dealkylation sites (tertiary alicyclic amines) is 1. The van der Waals surface area contributed by atoms with Gasteiger partial charge < -0.3 is 14.6 Å². The van der Waals surface area contributed by atoms with Gasteiger partial charge in [0.2, 0.25) is 0 Å². The maximum Gasteiger partial charge on any atom is 0.431 e. The smallest absolute Gasteiger partial charge is 0.431 e. The number of nitrogens with zero attached hydrogens (tertiary/aromatic N) is 1. The van der Waals surface area contributed by atoms with E-state index in [1.165, 1.54) is 12.0 Å². The Morgan fingerprint density at radius 3 is 2.52 bits per heavy atom. The summed E-state index contributed by atoms with van der Waals surface area (Å²) < 4.78 is 42.9. The fourth-order valence-corrected chi connectivity index (χ4v) is 3.59. The van der Waals surface area contributed by atoms with E-state index in [1.807, 2.05) is 0 Å². The van der Waals surface area contributed by atoms with Crippen molar-refractivity contribution in [1.82, 2.24) is 9.88 Å². The van der Waals surface area contributed by atoms with E-state index >= 15 is 0 Å². The Balaban J connectivity index is 1.91. The largest absolute Gasteiger partial charge is 0.465 e. The van der Waals surface area contributed by atoms with Crippen molar-refractivity contribution in [3.8, 4) is 0 Å². The lowest BCUT2D eigenvalue weighted by Gasteiger charge is -2.26. The Hall–Kier alpha value is -3.10. The lowest BCUT2D eigenvalue weighted by atomic mass is 9.97. The number of methoxy groups -OCH3 is 1. The molecule has 6 nitrogen and oxygen atoms in total. The molecule has 0 spiro atoms. The molecule has 1 amide bonds. The summed E-state index contributed by atoms with van der Waals surface area (Å²) in [6.45, 7) is 2.18. The van der Waals surface area contributed by atoms with Crippen LogP contribution in [0, 0.1) is 6.92 Å². The summed E-state index contributed by atoms with van der Waals surface area (Å²) >= 11 is 0. The number of amides is 1. The molecule has 1 atom stereocenters. The summed E-state index contributed by atoms with van der Waals surface area (Å²) in [5.74, 6) is -1.10. The van der Waals surface area contributed by atoms with E-state index in [-0.39, 0.29) is 11.6 Å². The van der Waals surface area contributed by atoms with Crippen LogP contribution in [0.5, 0.6) is 0 Å². The predicted octanol–water partition coefficient (Wildman–Crippen LogP) is 3.47. The number of esters is 1. The summed E-state index contributed by atoms with van der Waals surface area (Å²) in [7, 11) is 1.28. The normalized spacial score (nSPS) is 16.7. The number of H-pyrrole nitrogens is 1. The van der Waals surface area contributed by atoms with Crippen LogP contribution in [0.1, 0.15) is 56.4 Å². The van der Waals surface area contributed by atoms with Crippen molar-refractivity contribution in [3.63, 3.8) is 0 Å². The van der Waals surface area contributed by atoms with Crippen molar-refractivity contribution in [2.45, 2.75) is 32.0 Å². The second kappa shape index (κ2) is 7.73. The zero-order valence-corrected chi connectivity index (χ0v) is 15.8. The van der Waals surface area contributed by atoms with E-state index in [2.05, 4.69) is 0 Å². The van der Waals surface area contributed by atoms with Gasteiger partial charge in [0.05, 0.1) is 18.7 Å². The molecule has 0 saturated carbocycles. The molecule has 0 radical (unpaired) electrons. The minimum absolute atomic E-state index is 0.337. The molecule has 2 aromatic rings. The number of alkyl halides is 3. The van der Waals surface area contributed by atoms with Crippen LogP contribution in [0.2, 0.25) is 0 Å². The number of hydrogen-bond acceptors (Lipinski definition) is 4. The number of halogens is 3. The van der Waals surface area contributed by atoms with Crippen molar-refractivity contribution in [2.24, 2.45) is 0 Å². The van der Waals surface area contributed by atoms with Crippen LogP contribution in [-0.4, -0.2) is 35.4 Å². The summed E-state index contributed by atoms with van der Waals surface area (Å²) in [5, 5.41) is 0. The topological polar surface area (TPSA) is 79.5 Å². The molecule has 2 heterocycles. The molecule has 154 valence electrons. The summed E-state index contributed by atoms with van der Waals surface area (Å²) in [5.41, 5.74) is -0.650. The van der Waals surface area contributed by atoms with Gasteiger partial charge in [0.1, 0.15) is 11.3 Å². The van der Waals surface area contributed by atoms with Crippen LogP contribution >= 0.6 is 0 Å². The lowest BCUT2D eigenvalue weighted by Crippen LogP contribution is -2.35. The molecule has 9 heteroatoms. The number of aryl methyl sites for hydroxylation is 1. The van der Waals surface area contributed by atoms with E-state index < -0.39 is 29.3 Å². The van der Waals surface area contributed by atoms with Crippen LogP contribution in [0.4, 0.5) is 13.2 Å². The second-order valence-electron chi connectivity index (χ2n) is 6.83. The summed E-state index contributed by atoms with van der Waals surface area (Å²) in [4.78, 5) is 39.9. The first-order valence-electron chi connectivity index (χ1n) is 8.94. The number of carbonyl (C=O) groups is 2. The third-order valence-corrected chi connectivity index (χ3v) is 5.01. The molecule has 1 aromatic carbocycles. The van der Waals surface area contributed by atoms with Gasteiger partial charge in [-0.3, -0.25) is 9.59 Å². The van der Waals surface area contributed by atoms with E-state index in [4.69, 9.17) is 4.74 Å². The van der Waals surface area contributed by atoms with Crippen LogP contribution in [-0.2, 0) is 10.9 Å². The number of ether oxygens (including phenoxy) is 1. The van der Waals surface area contributed by atoms with Crippen LogP contribution < -0.4 is 5.56 Å². The molecular weight excluding hydrogens is 389 g/mol. The highest BCUT2D eigenvalue weighted by atomic mass is 19.4. The van der Waals surface area contributed by atoms with Gasteiger partial charge >= 0.3 is 12.1 Å². The monoisotopic (exact) mass is 408 g/mol. The molecule has 0 unspecified atom stereocenters. The number of carbonyl (C=O) groups excluding carboxylic acids is 2. The third kappa shape index (κ3) is 4.03. The van der Waals surface area contributed by atoms with Crippen LogP contribution in [0.15, 0.2) is 35.1 Å². The molecule has 3 rings (SSSR count). The minimum Gasteiger partial charge on any atom is -0.465 e. The number of pyridine rings is 1. The fraction of sp³-hybridized carbons (Fsp3) is 0.350. The van der Waals surface area contributed by atoms with Crippen LogP contribution in [0.3, 0.4) is 0 Å². The maximum absolute atomic E-state index is 12.9. The Morgan fingerprint density at radius 2 is 1.93 bits per heavy atom. The third-order valence-electron chi connectivity index (χ3n) is 5.01. The van der Waals surface area contributed by atoms with Gasteiger partial charge in [0.25, 0.3) is 11.5 Å². The Labute approximate surface area is 164 Å². The van der Waals surface area contributed by atoms with Gasteiger partial charge in [0.15, 0.2) is 0 Å². The Morgan fingerprint density at radius 1 is 1.21 bits per heavy atom. The lowest BCUT2D eigenvalue weighted by molar-refractivity contribution is -0.141. The van der Waals surface area contributed by atoms with Gasteiger partial charge in [-0.05, 0) is 55.2 Å². The fourth-order valence-electron chi connectivity index (χ4n) is 3.59. The highest BCUT2D eigenvalue weighted by Gasteiger charge is 2.35. The van der Waals surface area contributed by atoms with E-state index in [0.717, 1.165) is 17.2 Å². The van der Waals surface area contributed by atoms with E-state index in [1.54, 1.807) is 30.1 Å². The number of benzene rings is 1. The first-order chi connectivity index (χ1) is 13.6. The average Bonchev–Trinajstić information content (AvgIpc) is 3.15. The number of rotatable bonds is 3. The van der Waals surface area contributed by atoms with Gasteiger partial charge in [-0.1, -0.05) is 6.07 Å². The quantitative estimate of drug-likeness (QED) is 0.789. The first kappa shape index (κ1) is 20.6. The first-order valence-corrected chi connectivity index (χ1v) is 8.94. The van der Waals surface area contributed by atoms with Crippen molar-refractivity contribution in [3.05, 3.63) is 68.6 Å². The zero-order valence-electron chi connectivity index (χ0n) is 15.8. The van der Waals surface area contributed by atoms with Gasteiger partial charge in [-0.15, -0.1) is 0 Å². The molecule has 1 aliphatic rings. The highest BCUT2D eigenvalue weighted by Crippen LogP contribution is 2.35. The predicted molar refractivity (Wildman–Crippen MR) is 97.6 cm³/mol. The minimum atomic E-state index is -4.70. The zero-order chi connectivity index (χ0) is 21.3. The SMILES string of the molecule is COC(=O)c1ccc([C@H]2CCCN2C(=O)c2ccc(C(F)(F)F)[nH]c2=O)c(C)c1. The molecule has 1 N–H and O–H groups in total. The van der Waals surface area contributed by atoms with Crippen molar-refractivity contribution in [1.29, 1.82) is 0 Å². The molecule has 1 aliphatic heterocycles. The second-order valence-corrected chi connectivity index (χ2v) is 6.83. The molecular formula is C20H19F3N2O4. The Bertz CT molecular complexity index is 1010. The molecule has 0 bridgehead atoms. The van der Waals surface area contributed by atoms with Crippen molar-refractivity contribution in [2.75, 3.05) is 13.7 Å². The van der Waals surface area contributed by atoms with Crippen molar-refractivity contribution >= 4 is 11.9 Å². The average molecular weight is 408 g/mol. The van der Waals surface area contributed by atoms with Crippen LogP contribution in [0.25, 0.3) is 0 Å². The van der Waals surface area contributed by atoms with Crippen molar-refractivity contribution < 1.29 is 27.5 Å². The molecule has 29 heavy (non-hydrogen) atoms. The molecule has 0 aliphatic carbocycles. The number of aromatic nitrogens is 1. The Kier molecular flexibility index (Phi) is 5.50. The van der Waals surface area contributed by atoms with Gasteiger partial charge in [-0.25, -0.2) is 4.79 Å². The molecule has 1 fully saturated rings. The summed E-state index contributed by atoms with van der Waals surface area (Å²) in [6, 6.07) is 6.25.